The van der Waals surface area contributed by atoms with Crippen LogP contribution in [0.2, 0.25) is 0 Å². The predicted molar refractivity (Wildman–Crippen MR) is 70.7 cm³/mol. The summed E-state index contributed by atoms with van der Waals surface area (Å²) in [6.07, 6.45) is 3.05. The second kappa shape index (κ2) is 4.53. The lowest BCUT2D eigenvalue weighted by Gasteiger charge is -2.08. The van der Waals surface area contributed by atoms with Crippen LogP contribution in [0, 0.1) is 22.7 Å². The molecular formula is C16H21N. The first-order valence-electron chi connectivity index (χ1n) is 6.63. The number of nitriles is 1. The monoisotopic (exact) mass is 227 g/mol. The minimum absolute atomic E-state index is 0.505. The first kappa shape index (κ1) is 12.2. The maximum atomic E-state index is 8.66. The molecule has 1 aliphatic rings. The van der Waals surface area contributed by atoms with E-state index in [2.05, 4.69) is 51.1 Å². The summed E-state index contributed by atoms with van der Waals surface area (Å²) in [4.78, 5) is 0. The maximum absolute atomic E-state index is 8.66. The molecule has 0 bridgehead atoms. The highest BCUT2D eigenvalue weighted by Gasteiger charge is 2.58. The molecule has 0 amide bonds. The zero-order valence-electron chi connectivity index (χ0n) is 11.0. The fraction of sp³-hybridized carbons (Fsp3) is 0.562. The summed E-state index contributed by atoms with van der Waals surface area (Å²) in [5.74, 6) is 1.57. The molecule has 0 saturated heterocycles. The van der Waals surface area contributed by atoms with Crippen molar-refractivity contribution in [2.24, 2.45) is 11.3 Å². The van der Waals surface area contributed by atoms with Crippen LogP contribution in [-0.2, 0) is 6.42 Å². The van der Waals surface area contributed by atoms with Gasteiger partial charge >= 0.3 is 0 Å². The molecule has 0 aliphatic heterocycles. The van der Waals surface area contributed by atoms with Crippen molar-refractivity contribution in [3.05, 3.63) is 35.4 Å². The molecule has 1 aliphatic carbocycles. The Morgan fingerprint density at radius 2 is 1.88 bits per heavy atom. The van der Waals surface area contributed by atoms with Crippen LogP contribution in [0.25, 0.3) is 0 Å². The van der Waals surface area contributed by atoms with Gasteiger partial charge in [-0.1, -0.05) is 51.5 Å². The highest BCUT2D eigenvalue weighted by atomic mass is 14.6. The summed E-state index contributed by atoms with van der Waals surface area (Å²) < 4.78 is 0. The zero-order valence-corrected chi connectivity index (χ0v) is 11.0. The molecule has 1 fully saturated rings. The first-order valence-corrected chi connectivity index (χ1v) is 6.63. The van der Waals surface area contributed by atoms with Gasteiger partial charge in [-0.2, -0.15) is 5.26 Å². The van der Waals surface area contributed by atoms with Gasteiger partial charge in [0.15, 0.2) is 0 Å². The summed E-state index contributed by atoms with van der Waals surface area (Å²) in [5, 5.41) is 8.66. The van der Waals surface area contributed by atoms with Gasteiger partial charge in [-0.05, 0) is 34.8 Å². The van der Waals surface area contributed by atoms with E-state index in [9.17, 15) is 0 Å². The molecule has 17 heavy (non-hydrogen) atoms. The van der Waals surface area contributed by atoms with Crippen LogP contribution in [0.5, 0.6) is 0 Å². The van der Waals surface area contributed by atoms with E-state index in [0.29, 0.717) is 11.8 Å². The molecule has 1 heteroatoms. The van der Waals surface area contributed by atoms with Crippen molar-refractivity contribution in [2.75, 3.05) is 0 Å². The van der Waals surface area contributed by atoms with Gasteiger partial charge < -0.3 is 0 Å². The van der Waals surface area contributed by atoms with Gasteiger partial charge in [0, 0.05) is 0 Å². The highest BCUT2D eigenvalue weighted by Crippen LogP contribution is 2.67. The molecule has 1 saturated carbocycles. The normalized spacial score (nSPS) is 30.9. The van der Waals surface area contributed by atoms with Gasteiger partial charge in [0.2, 0.25) is 0 Å². The molecule has 0 heterocycles. The van der Waals surface area contributed by atoms with Crippen molar-refractivity contribution >= 4 is 0 Å². The van der Waals surface area contributed by atoms with Crippen LogP contribution in [0.4, 0.5) is 0 Å². The molecule has 0 radical (unpaired) electrons. The Balaban J connectivity index is 2.17. The van der Waals surface area contributed by atoms with Crippen molar-refractivity contribution in [3.8, 4) is 6.07 Å². The number of hydrogen-bond donors (Lipinski definition) is 0. The van der Waals surface area contributed by atoms with Crippen LogP contribution < -0.4 is 0 Å². The van der Waals surface area contributed by atoms with Gasteiger partial charge in [-0.3, -0.25) is 0 Å². The van der Waals surface area contributed by atoms with E-state index >= 15 is 0 Å². The van der Waals surface area contributed by atoms with Crippen molar-refractivity contribution in [3.63, 3.8) is 0 Å². The maximum Gasteiger partial charge on any atom is 0.0669 e. The van der Waals surface area contributed by atoms with Crippen LogP contribution in [0.1, 0.15) is 50.7 Å². The van der Waals surface area contributed by atoms with Crippen molar-refractivity contribution in [1.29, 1.82) is 5.26 Å². The smallest absolute Gasteiger partial charge is 0.0669 e. The topological polar surface area (TPSA) is 23.8 Å². The predicted octanol–water partition coefficient (Wildman–Crippen LogP) is 4.29. The molecule has 90 valence electrons. The van der Waals surface area contributed by atoms with Gasteiger partial charge in [0.25, 0.3) is 0 Å². The Morgan fingerprint density at radius 3 is 2.29 bits per heavy atom. The molecule has 1 aromatic carbocycles. The van der Waals surface area contributed by atoms with Crippen molar-refractivity contribution in [2.45, 2.75) is 46.0 Å². The van der Waals surface area contributed by atoms with E-state index in [1.807, 2.05) is 0 Å². The summed E-state index contributed by atoms with van der Waals surface area (Å²) in [6.45, 7) is 7.00. The Hall–Kier alpha value is -1.29. The molecule has 0 N–H and O–H groups in total. The van der Waals surface area contributed by atoms with Crippen LogP contribution in [0.3, 0.4) is 0 Å². The van der Waals surface area contributed by atoms with Gasteiger partial charge in [0.05, 0.1) is 12.5 Å². The van der Waals surface area contributed by atoms with Gasteiger partial charge in [-0.25, -0.2) is 0 Å². The Labute approximate surface area is 104 Å². The third-order valence-electron chi connectivity index (χ3n) is 4.67. The minimum Gasteiger partial charge on any atom is -0.198 e. The lowest BCUT2D eigenvalue weighted by atomic mass is 9.97. The van der Waals surface area contributed by atoms with Crippen LogP contribution in [0.15, 0.2) is 24.3 Å². The second-order valence-electron chi connectivity index (χ2n) is 5.43. The van der Waals surface area contributed by atoms with Crippen LogP contribution >= 0.6 is 0 Å². The van der Waals surface area contributed by atoms with Gasteiger partial charge in [-0.15, -0.1) is 0 Å². The van der Waals surface area contributed by atoms with Gasteiger partial charge in [0.1, 0.15) is 0 Å². The molecule has 0 aromatic heterocycles. The molecule has 1 aromatic rings. The largest absolute Gasteiger partial charge is 0.198 e. The Kier molecular flexibility index (Phi) is 3.24. The lowest BCUT2D eigenvalue weighted by Crippen LogP contribution is -1.96. The van der Waals surface area contributed by atoms with E-state index in [0.717, 1.165) is 17.4 Å². The first-order chi connectivity index (χ1) is 8.17. The Bertz CT molecular complexity index is 426. The summed E-state index contributed by atoms with van der Waals surface area (Å²) >= 11 is 0. The lowest BCUT2D eigenvalue weighted by molar-refractivity contribution is 0.472. The molecule has 2 unspecified atom stereocenters. The zero-order chi connectivity index (χ0) is 12.5. The van der Waals surface area contributed by atoms with Crippen molar-refractivity contribution < 1.29 is 0 Å². The van der Waals surface area contributed by atoms with Crippen LogP contribution in [-0.4, -0.2) is 0 Å². The number of rotatable bonds is 4. The SMILES string of the molecule is CCC1[C@H](c2ccc(CC#N)cc2)C1(C)CC. The van der Waals surface area contributed by atoms with E-state index in [4.69, 9.17) is 5.26 Å². The molecule has 1 nitrogen and oxygen atoms in total. The fourth-order valence-corrected chi connectivity index (χ4v) is 3.39. The van der Waals surface area contributed by atoms with E-state index in [-0.39, 0.29) is 0 Å². The molecule has 0 spiro atoms. The summed E-state index contributed by atoms with van der Waals surface area (Å²) in [5.41, 5.74) is 3.09. The van der Waals surface area contributed by atoms with Crippen molar-refractivity contribution in [1.82, 2.24) is 0 Å². The highest BCUT2D eigenvalue weighted by molar-refractivity contribution is 5.34. The standard InChI is InChI=1S/C16H21N/c1-4-14-15(16(14,3)5-2)13-8-6-12(7-9-13)10-11-17/h6-9,14-15H,4-5,10H2,1-3H3/t14?,15-,16?/m0/s1. The quantitative estimate of drug-likeness (QED) is 0.752. The fourth-order valence-electron chi connectivity index (χ4n) is 3.39. The van der Waals surface area contributed by atoms with E-state index < -0.39 is 0 Å². The number of hydrogen-bond acceptors (Lipinski definition) is 1. The molecular weight excluding hydrogens is 206 g/mol. The minimum atomic E-state index is 0.505. The Morgan fingerprint density at radius 1 is 1.24 bits per heavy atom. The summed E-state index contributed by atoms with van der Waals surface area (Å²) in [6, 6.07) is 10.9. The second-order valence-corrected chi connectivity index (χ2v) is 5.43. The van der Waals surface area contributed by atoms with E-state index in [1.54, 1.807) is 0 Å². The number of benzene rings is 1. The molecule has 3 atom stereocenters. The average molecular weight is 227 g/mol. The summed E-state index contributed by atoms with van der Waals surface area (Å²) in [7, 11) is 0. The molecule has 2 rings (SSSR count). The third kappa shape index (κ3) is 1.97. The van der Waals surface area contributed by atoms with E-state index in [1.165, 1.54) is 18.4 Å². The average Bonchev–Trinajstić information content (AvgIpc) is 2.97. The number of nitrogens with zero attached hydrogens (tertiary/aromatic N) is 1. The third-order valence-corrected chi connectivity index (χ3v) is 4.67.